The summed E-state index contributed by atoms with van der Waals surface area (Å²) in [5, 5.41) is 3.67. The van der Waals surface area contributed by atoms with Gasteiger partial charge in [0.1, 0.15) is 11.4 Å². The first-order valence-corrected chi connectivity index (χ1v) is 13.8. The molecule has 2 aliphatic rings. The Balaban J connectivity index is 1.37. The minimum Gasteiger partial charge on any atom is -0.406 e. The van der Waals surface area contributed by atoms with Gasteiger partial charge in [0.05, 0.1) is 15.9 Å². The van der Waals surface area contributed by atoms with Crippen molar-refractivity contribution < 1.29 is 27.5 Å². The van der Waals surface area contributed by atoms with Gasteiger partial charge in [0, 0.05) is 18.7 Å². The normalized spacial score (nSPS) is 22.6. The van der Waals surface area contributed by atoms with E-state index in [-0.39, 0.29) is 30.0 Å². The Morgan fingerprint density at radius 1 is 1.13 bits per heavy atom. The van der Waals surface area contributed by atoms with Crippen molar-refractivity contribution in [1.29, 1.82) is 0 Å². The summed E-state index contributed by atoms with van der Waals surface area (Å²) in [5.74, 6) is -0.0499. The lowest BCUT2D eigenvalue weighted by Gasteiger charge is -2.28. The number of fused-ring (bicyclic) bond motifs is 1. The van der Waals surface area contributed by atoms with E-state index in [4.69, 9.17) is 0 Å². The first kappa shape index (κ1) is 27.2. The third-order valence-corrected chi connectivity index (χ3v) is 8.61. The molecule has 0 bridgehead atoms. The zero-order valence-corrected chi connectivity index (χ0v) is 22.7. The minimum atomic E-state index is -4.85. The SMILES string of the molecule is Cc1cccc(-c2sc(C)nc2C(=O)N2CC3CC(C)CC3C2CNC(=O)c2cccc(OC(F)(F)F)c2)c1. The third-order valence-electron chi connectivity index (χ3n) is 7.59. The fraction of sp³-hybridized carbons (Fsp3) is 0.414. The Hall–Kier alpha value is -3.40. The van der Waals surface area contributed by atoms with Crippen LogP contribution in [0.25, 0.3) is 10.4 Å². The number of thiazole rings is 1. The van der Waals surface area contributed by atoms with Crippen molar-refractivity contribution >= 4 is 23.2 Å². The maximum absolute atomic E-state index is 14.0. The van der Waals surface area contributed by atoms with Gasteiger partial charge in [0.2, 0.25) is 0 Å². The standard InChI is InChI=1S/C29H30F3N3O3S/c1-16-6-4-7-19(10-16)26-25(34-18(3)39-26)28(37)35-15-21-11-17(2)12-23(21)24(35)14-33-27(36)20-8-5-9-22(13-20)38-29(30,31)32/h4-10,13,17,21,23-24H,11-12,14-15H2,1-3H3,(H,33,36). The van der Waals surface area contributed by atoms with Crippen LogP contribution in [0.4, 0.5) is 13.2 Å². The number of carbonyl (C=O) groups excluding carboxylic acids is 2. The molecule has 4 unspecified atom stereocenters. The van der Waals surface area contributed by atoms with E-state index in [2.05, 4.69) is 22.0 Å². The van der Waals surface area contributed by atoms with Crippen LogP contribution in [0.15, 0.2) is 48.5 Å². The second-order valence-electron chi connectivity index (χ2n) is 10.6. The summed E-state index contributed by atoms with van der Waals surface area (Å²) in [6, 6.07) is 12.7. The summed E-state index contributed by atoms with van der Waals surface area (Å²) in [4.78, 5) is 34.2. The molecule has 1 N–H and O–H groups in total. The maximum Gasteiger partial charge on any atom is 0.573 e. The van der Waals surface area contributed by atoms with Crippen LogP contribution in [0.5, 0.6) is 5.75 Å². The molecule has 10 heteroatoms. The highest BCUT2D eigenvalue weighted by Gasteiger charge is 2.48. The summed E-state index contributed by atoms with van der Waals surface area (Å²) in [7, 11) is 0. The number of hydrogen-bond acceptors (Lipinski definition) is 5. The molecule has 6 nitrogen and oxygen atoms in total. The molecule has 2 aromatic carbocycles. The topological polar surface area (TPSA) is 71.5 Å². The summed E-state index contributed by atoms with van der Waals surface area (Å²) in [5.41, 5.74) is 2.51. The van der Waals surface area contributed by atoms with E-state index in [1.807, 2.05) is 43.0 Å². The van der Waals surface area contributed by atoms with Gasteiger partial charge in [0.25, 0.3) is 11.8 Å². The van der Waals surface area contributed by atoms with Gasteiger partial charge < -0.3 is 15.0 Å². The molecular formula is C29H30F3N3O3S. The first-order valence-electron chi connectivity index (χ1n) is 13.0. The fourth-order valence-corrected chi connectivity index (χ4v) is 6.97. The number of halogens is 3. The van der Waals surface area contributed by atoms with E-state index < -0.39 is 18.0 Å². The van der Waals surface area contributed by atoms with Crippen molar-refractivity contribution in [2.75, 3.05) is 13.1 Å². The zero-order valence-electron chi connectivity index (χ0n) is 21.9. The summed E-state index contributed by atoms with van der Waals surface area (Å²) < 4.78 is 41.9. The molecule has 0 radical (unpaired) electrons. The Labute approximate surface area is 229 Å². The van der Waals surface area contributed by atoms with E-state index in [0.29, 0.717) is 24.1 Å². The van der Waals surface area contributed by atoms with Gasteiger partial charge in [-0.25, -0.2) is 4.98 Å². The van der Waals surface area contributed by atoms with Crippen LogP contribution in [0.2, 0.25) is 0 Å². The molecule has 1 saturated heterocycles. The van der Waals surface area contributed by atoms with Crippen LogP contribution in [0.3, 0.4) is 0 Å². The number of ether oxygens (including phenoxy) is 1. The molecular weight excluding hydrogens is 527 g/mol. The maximum atomic E-state index is 14.0. The average molecular weight is 558 g/mol. The largest absolute Gasteiger partial charge is 0.573 e. The van der Waals surface area contributed by atoms with Crippen molar-refractivity contribution in [3.63, 3.8) is 0 Å². The number of rotatable bonds is 6. The smallest absolute Gasteiger partial charge is 0.406 e. The Morgan fingerprint density at radius 3 is 2.64 bits per heavy atom. The molecule has 2 heterocycles. The molecule has 2 amide bonds. The van der Waals surface area contributed by atoms with Crippen LogP contribution in [0, 0.1) is 31.6 Å². The second-order valence-corrected chi connectivity index (χ2v) is 11.8. The van der Waals surface area contributed by atoms with Crippen molar-refractivity contribution in [2.45, 2.75) is 46.0 Å². The highest BCUT2D eigenvalue weighted by atomic mass is 32.1. The molecule has 3 aromatic rings. The number of carbonyl (C=O) groups is 2. The molecule has 1 saturated carbocycles. The molecule has 1 aromatic heterocycles. The van der Waals surface area contributed by atoms with E-state index in [1.165, 1.54) is 23.5 Å². The van der Waals surface area contributed by atoms with Crippen molar-refractivity contribution in [2.24, 2.45) is 17.8 Å². The zero-order chi connectivity index (χ0) is 27.9. The number of nitrogens with one attached hydrogen (secondary N) is 1. The molecule has 4 atom stereocenters. The molecule has 1 aliphatic carbocycles. The monoisotopic (exact) mass is 557 g/mol. The lowest BCUT2D eigenvalue weighted by molar-refractivity contribution is -0.274. The number of alkyl halides is 3. The second kappa shape index (κ2) is 10.6. The third kappa shape index (κ3) is 5.95. The van der Waals surface area contributed by atoms with Crippen LogP contribution < -0.4 is 10.1 Å². The number of aryl methyl sites for hydroxylation is 2. The summed E-state index contributed by atoms with van der Waals surface area (Å²) in [6.07, 6.45) is -2.89. The van der Waals surface area contributed by atoms with Crippen LogP contribution in [-0.2, 0) is 0 Å². The van der Waals surface area contributed by atoms with Crippen LogP contribution >= 0.6 is 11.3 Å². The average Bonchev–Trinajstić information content (AvgIpc) is 3.53. The Bertz CT molecular complexity index is 1390. The van der Waals surface area contributed by atoms with Gasteiger partial charge >= 0.3 is 6.36 Å². The van der Waals surface area contributed by atoms with E-state index in [0.717, 1.165) is 46.0 Å². The van der Waals surface area contributed by atoms with Crippen molar-refractivity contribution in [1.82, 2.24) is 15.2 Å². The number of likely N-dealkylation sites (tertiary alicyclic amines) is 1. The lowest BCUT2D eigenvalue weighted by atomic mass is 9.93. The van der Waals surface area contributed by atoms with Gasteiger partial charge in [0.15, 0.2) is 0 Å². The number of benzene rings is 2. The van der Waals surface area contributed by atoms with Gasteiger partial charge in [-0.2, -0.15) is 0 Å². The number of aromatic nitrogens is 1. The molecule has 39 heavy (non-hydrogen) atoms. The molecule has 206 valence electrons. The number of hydrogen-bond donors (Lipinski definition) is 1. The molecule has 1 aliphatic heterocycles. The summed E-state index contributed by atoms with van der Waals surface area (Å²) in [6.45, 7) is 6.88. The van der Waals surface area contributed by atoms with E-state index in [1.54, 1.807) is 0 Å². The molecule has 0 spiro atoms. The summed E-state index contributed by atoms with van der Waals surface area (Å²) >= 11 is 1.49. The van der Waals surface area contributed by atoms with Gasteiger partial charge in [-0.1, -0.05) is 42.8 Å². The predicted octanol–water partition coefficient (Wildman–Crippen LogP) is 6.24. The van der Waals surface area contributed by atoms with E-state index in [9.17, 15) is 22.8 Å². The van der Waals surface area contributed by atoms with Crippen molar-refractivity contribution in [3.05, 3.63) is 70.4 Å². The van der Waals surface area contributed by atoms with Gasteiger partial charge in [-0.3, -0.25) is 9.59 Å². The number of nitrogens with zero attached hydrogens (tertiary/aromatic N) is 2. The highest BCUT2D eigenvalue weighted by Crippen LogP contribution is 2.46. The molecule has 2 fully saturated rings. The predicted molar refractivity (Wildman–Crippen MR) is 143 cm³/mol. The fourth-order valence-electron chi connectivity index (χ4n) is 6.06. The Kier molecular flexibility index (Phi) is 7.41. The number of amides is 2. The quantitative estimate of drug-likeness (QED) is 0.389. The van der Waals surface area contributed by atoms with Crippen LogP contribution in [0.1, 0.15) is 51.2 Å². The highest BCUT2D eigenvalue weighted by molar-refractivity contribution is 7.15. The first-order chi connectivity index (χ1) is 18.5. The van der Waals surface area contributed by atoms with Crippen molar-refractivity contribution in [3.8, 4) is 16.2 Å². The van der Waals surface area contributed by atoms with Crippen LogP contribution in [-0.4, -0.2) is 47.2 Å². The van der Waals surface area contributed by atoms with E-state index >= 15 is 0 Å². The van der Waals surface area contributed by atoms with Gasteiger partial charge in [-0.05, 0) is 68.2 Å². The van der Waals surface area contributed by atoms with Gasteiger partial charge in [-0.15, -0.1) is 24.5 Å². The minimum absolute atomic E-state index is 0.0563. The molecule has 5 rings (SSSR count). The lowest BCUT2D eigenvalue weighted by Crippen LogP contribution is -2.46. The Morgan fingerprint density at radius 2 is 1.90 bits per heavy atom.